The molecule has 2 aromatic heterocycles. The first-order chi connectivity index (χ1) is 10.1. The Morgan fingerprint density at radius 2 is 2.29 bits per heavy atom. The molecule has 0 spiro atoms. The normalized spacial score (nSPS) is 18.4. The quantitative estimate of drug-likeness (QED) is 0.917. The SMILES string of the molecule is CCC(=O)N1CCC(Nc2c(C)c(C)nc3ncnn23)C1. The van der Waals surface area contributed by atoms with Gasteiger partial charge in [0.2, 0.25) is 5.91 Å². The first-order valence-electron chi connectivity index (χ1n) is 7.31. The molecule has 0 aromatic carbocycles. The average Bonchev–Trinajstić information content (AvgIpc) is 3.11. The molecule has 1 fully saturated rings. The van der Waals surface area contributed by atoms with E-state index in [0.717, 1.165) is 36.6 Å². The lowest BCUT2D eigenvalue weighted by Gasteiger charge is -2.19. The van der Waals surface area contributed by atoms with Gasteiger partial charge in [0.05, 0.1) is 0 Å². The van der Waals surface area contributed by atoms with E-state index in [2.05, 4.69) is 20.4 Å². The summed E-state index contributed by atoms with van der Waals surface area (Å²) < 4.78 is 1.73. The molecule has 3 rings (SSSR count). The summed E-state index contributed by atoms with van der Waals surface area (Å²) in [5, 5.41) is 7.75. The summed E-state index contributed by atoms with van der Waals surface area (Å²) in [5.41, 5.74) is 2.01. The van der Waals surface area contributed by atoms with Crippen LogP contribution in [-0.2, 0) is 4.79 Å². The zero-order valence-corrected chi connectivity index (χ0v) is 12.6. The summed E-state index contributed by atoms with van der Waals surface area (Å²) in [6.07, 6.45) is 3.02. The Balaban J connectivity index is 1.84. The van der Waals surface area contributed by atoms with Crippen molar-refractivity contribution in [2.45, 2.75) is 39.7 Å². The Hall–Kier alpha value is -2.18. The number of likely N-dealkylation sites (tertiary alicyclic amines) is 1. The van der Waals surface area contributed by atoms with Crippen LogP contribution < -0.4 is 5.32 Å². The van der Waals surface area contributed by atoms with Crippen LogP contribution in [-0.4, -0.2) is 49.5 Å². The zero-order valence-electron chi connectivity index (χ0n) is 12.6. The van der Waals surface area contributed by atoms with E-state index >= 15 is 0 Å². The second kappa shape index (κ2) is 5.31. The third kappa shape index (κ3) is 2.43. The topological polar surface area (TPSA) is 75.4 Å². The van der Waals surface area contributed by atoms with Gasteiger partial charge >= 0.3 is 0 Å². The fourth-order valence-electron chi connectivity index (χ4n) is 2.72. The Bertz CT molecular complexity index is 679. The van der Waals surface area contributed by atoms with E-state index in [1.54, 1.807) is 4.52 Å². The number of anilines is 1. The van der Waals surface area contributed by atoms with Crippen LogP contribution in [0.2, 0.25) is 0 Å². The lowest BCUT2D eigenvalue weighted by Crippen LogP contribution is -2.31. The van der Waals surface area contributed by atoms with Gasteiger partial charge in [-0.15, -0.1) is 0 Å². The fraction of sp³-hybridized carbons (Fsp3) is 0.571. The van der Waals surface area contributed by atoms with Gasteiger partial charge in [-0.25, -0.2) is 4.98 Å². The van der Waals surface area contributed by atoms with Crippen molar-refractivity contribution in [3.63, 3.8) is 0 Å². The predicted molar refractivity (Wildman–Crippen MR) is 79.2 cm³/mol. The summed E-state index contributed by atoms with van der Waals surface area (Å²) in [5.74, 6) is 1.73. The van der Waals surface area contributed by atoms with Crippen molar-refractivity contribution < 1.29 is 4.79 Å². The molecule has 1 amide bonds. The van der Waals surface area contributed by atoms with E-state index in [4.69, 9.17) is 0 Å². The fourth-order valence-corrected chi connectivity index (χ4v) is 2.72. The molecule has 1 unspecified atom stereocenters. The highest BCUT2D eigenvalue weighted by Gasteiger charge is 2.26. The third-order valence-electron chi connectivity index (χ3n) is 4.09. The first-order valence-corrected chi connectivity index (χ1v) is 7.31. The minimum absolute atomic E-state index is 0.216. The highest BCUT2D eigenvalue weighted by Crippen LogP contribution is 2.21. The monoisotopic (exact) mass is 288 g/mol. The van der Waals surface area contributed by atoms with E-state index in [-0.39, 0.29) is 11.9 Å². The molecule has 1 N–H and O–H groups in total. The number of carbonyl (C=O) groups is 1. The molecule has 0 saturated carbocycles. The summed E-state index contributed by atoms with van der Waals surface area (Å²) in [6, 6.07) is 0.244. The number of aryl methyl sites for hydroxylation is 1. The van der Waals surface area contributed by atoms with Crippen LogP contribution in [0.4, 0.5) is 5.82 Å². The first kappa shape index (κ1) is 13.8. The molecular formula is C14H20N6O. The van der Waals surface area contributed by atoms with Crippen LogP contribution in [0.1, 0.15) is 31.0 Å². The lowest BCUT2D eigenvalue weighted by atomic mass is 10.2. The van der Waals surface area contributed by atoms with Gasteiger partial charge in [-0.05, 0) is 20.3 Å². The van der Waals surface area contributed by atoms with E-state index in [1.807, 2.05) is 25.7 Å². The number of amides is 1. The van der Waals surface area contributed by atoms with Gasteiger partial charge in [-0.2, -0.15) is 14.6 Å². The highest BCUT2D eigenvalue weighted by atomic mass is 16.2. The number of aromatic nitrogens is 4. The van der Waals surface area contributed by atoms with Gasteiger partial charge < -0.3 is 10.2 Å². The second-order valence-corrected chi connectivity index (χ2v) is 5.47. The van der Waals surface area contributed by atoms with Gasteiger partial charge in [0.25, 0.3) is 5.78 Å². The number of nitrogens with zero attached hydrogens (tertiary/aromatic N) is 5. The number of hydrogen-bond donors (Lipinski definition) is 1. The van der Waals surface area contributed by atoms with Crippen LogP contribution in [0, 0.1) is 13.8 Å². The van der Waals surface area contributed by atoms with Gasteiger partial charge in [-0.1, -0.05) is 6.92 Å². The molecule has 0 bridgehead atoms. The molecule has 0 aliphatic carbocycles. The van der Waals surface area contributed by atoms with E-state index in [1.165, 1.54) is 6.33 Å². The second-order valence-electron chi connectivity index (χ2n) is 5.47. The third-order valence-corrected chi connectivity index (χ3v) is 4.09. The summed E-state index contributed by atoms with van der Waals surface area (Å²) in [4.78, 5) is 22.2. The molecule has 7 heteroatoms. The number of carbonyl (C=O) groups excluding carboxylic acids is 1. The van der Waals surface area contributed by atoms with Gasteiger partial charge in [0.15, 0.2) is 0 Å². The molecule has 3 heterocycles. The van der Waals surface area contributed by atoms with Crippen LogP contribution in [0.3, 0.4) is 0 Å². The molecule has 1 aliphatic heterocycles. The molecule has 1 atom stereocenters. The average molecular weight is 288 g/mol. The number of rotatable bonds is 3. The van der Waals surface area contributed by atoms with Crippen molar-refractivity contribution in [3.8, 4) is 0 Å². The summed E-state index contributed by atoms with van der Waals surface area (Å²) >= 11 is 0. The molecule has 1 aliphatic rings. The van der Waals surface area contributed by atoms with Gasteiger partial charge in [0, 0.05) is 36.8 Å². The molecular weight excluding hydrogens is 268 g/mol. The molecule has 21 heavy (non-hydrogen) atoms. The molecule has 2 aromatic rings. The predicted octanol–water partition coefficient (Wildman–Crippen LogP) is 1.16. The summed E-state index contributed by atoms with van der Waals surface area (Å²) in [6.45, 7) is 7.45. The molecule has 0 radical (unpaired) electrons. The van der Waals surface area contributed by atoms with E-state index in [9.17, 15) is 4.79 Å². The standard InChI is InChI=1S/C14H20N6O/c1-4-12(21)19-6-5-11(7-19)18-13-9(2)10(3)17-14-15-8-16-20(13)14/h8,11,18H,4-7H2,1-3H3. The minimum atomic E-state index is 0.216. The Morgan fingerprint density at radius 1 is 1.48 bits per heavy atom. The van der Waals surface area contributed by atoms with Gasteiger partial charge in [-0.3, -0.25) is 4.79 Å². The number of nitrogens with one attached hydrogen (secondary N) is 1. The maximum atomic E-state index is 11.8. The Kier molecular flexibility index (Phi) is 3.48. The van der Waals surface area contributed by atoms with Crippen LogP contribution in [0.5, 0.6) is 0 Å². The maximum Gasteiger partial charge on any atom is 0.254 e. The Labute approximate surface area is 123 Å². The van der Waals surface area contributed by atoms with Crippen molar-refractivity contribution in [3.05, 3.63) is 17.6 Å². The van der Waals surface area contributed by atoms with Crippen molar-refractivity contribution in [1.82, 2.24) is 24.5 Å². The molecule has 1 saturated heterocycles. The van der Waals surface area contributed by atoms with Gasteiger partial charge in [0.1, 0.15) is 12.1 Å². The minimum Gasteiger partial charge on any atom is -0.365 e. The maximum absolute atomic E-state index is 11.8. The molecule has 112 valence electrons. The van der Waals surface area contributed by atoms with E-state index in [0.29, 0.717) is 12.2 Å². The smallest absolute Gasteiger partial charge is 0.254 e. The number of hydrogen-bond acceptors (Lipinski definition) is 5. The zero-order chi connectivity index (χ0) is 15.0. The largest absolute Gasteiger partial charge is 0.365 e. The Morgan fingerprint density at radius 3 is 3.05 bits per heavy atom. The van der Waals surface area contributed by atoms with Crippen LogP contribution >= 0.6 is 0 Å². The van der Waals surface area contributed by atoms with Crippen LogP contribution in [0.25, 0.3) is 5.78 Å². The van der Waals surface area contributed by atoms with Crippen molar-refractivity contribution >= 4 is 17.5 Å². The van der Waals surface area contributed by atoms with Crippen LogP contribution in [0.15, 0.2) is 6.33 Å². The highest BCUT2D eigenvalue weighted by molar-refractivity contribution is 5.76. The van der Waals surface area contributed by atoms with Crippen molar-refractivity contribution in [2.24, 2.45) is 0 Å². The van der Waals surface area contributed by atoms with E-state index < -0.39 is 0 Å². The summed E-state index contributed by atoms with van der Waals surface area (Å²) in [7, 11) is 0. The van der Waals surface area contributed by atoms with Crippen molar-refractivity contribution in [2.75, 3.05) is 18.4 Å². The van der Waals surface area contributed by atoms with Crippen molar-refractivity contribution in [1.29, 1.82) is 0 Å². The number of fused-ring (bicyclic) bond motifs is 1. The molecule has 7 nitrogen and oxygen atoms in total. The lowest BCUT2D eigenvalue weighted by molar-refractivity contribution is -0.129.